The van der Waals surface area contributed by atoms with Crippen molar-refractivity contribution in [2.24, 2.45) is 0 Å². The molecule has 0 saturated carbocycles. The number of ether oxygens (including phenoxy) is 3. The van der Waals surface area contributed by atoms with Crippen LogP contribution in [0.15, 0.2) is 42.5 Å². The lowest BCUT2D eigenvalue weighted by Crippen LogP contribution is -2.38. The van der Waals surface area contributed by atoms with Gasteiger partial charge in [-0.1, -0.05) is 18.2 Å². The number of methoxy groups -OCH3 is 1. The first-order valence-corrected chi connectivity index (χ1v) is 12.8. The average Bonchev–Trinajstić information content (AvgIpc) is 2.84. The van der Waals surface area contributed by atoms with Crippen LogP contribution in [0.2, 0.25) is 0 Å². The van der Waals surface area contributed by atoms with E-state index >= 15 is 0 Å². The molecule has 232 valence electrons. The molecule has 2 unspecified atom stereocenters. The number of amides is 2. The molecule has 0 aliphatic carbocycles. The van der Waals surface area contributed by atoms with Crippen LogP contribution in [-0.4, -0.2) is 66.7 Å². The summed E-state index contributed by atoms with van der Waals surface area (Å²) in [5.41, 5.74) is 0.0611. The summed E-state index contributed by atoms with van der Waals surface area (Å²) < 4.78 is 28.4. The predicted molar refractivity (Wildman–Crippen MR) is 153 cm³/mol. The van der Waals surface area contributed by atoms with Crippen LogP contribution in [0.25, 0.3) is 0 Å². The molecule has 4 N–H and O–H groups in total. The number of benzene rings is 2. The zero-order valence-electron chi connectivity index (χ0n) is 25.3. The van der Waals surface area contributed by atoms with Gasteiger partial charge in [0.05, 0.1) is 7.11 Å². The Hall–Kier alpha value is -4.55. The van der Waals surface area contributed by atoms with E-state index in [1.54, 1.807) is 65.8 Å². The molecule has 42 heavy (non-hydrogen) atoms. The molecule has 0 aliphatic heterocycles. The number of carbonyl (C=O) groups excluding carboxylic acids is 2. The van der Waals surface area contributed by atoms with Gasteiger partial charge in [-0.15, -0.1) is 0 Å². The third kappa shape index (κ3) is 12.3. The quantitative estimate of drug-likeness (QED) is 0.331. The van der Waals surface area contributed by atoms with Crippen molar-refractivity contribution in [3.05, 3.63) is 59.4 Å². The van der Waals surface area contributed by atoms with Crippen LogP contribution < -0.4 is 20.3 Å². The summed E-state index contributed by atoms with van der Waals surface area (Å²) in [5, 5.41) is 23.0. The van der Waals surface area contributed by atoms with Gasteiger partial charge >= 0.3 is 24.1 Å². The Bertz CT molecular complexity index is 1240. The van der Waals surface area contributed by atoms with Crippen molar-refractivity contribution < 1.29 is 48.0 Å². The SMILES string of the molecule is CN(C)c1ccc(C(NC(=O)OC(C)(C)C)C(=O)O)cc1.COc1ccc(C(NC(=O)OC(C)(C)C)C(=O)O)cc1F. The van der Waals surface area contributed by atoms with Crippen LogP contribution in [0.3, 0.4) is 0 Å². The first kappa shape index (κ1) is 35.5. The van der Waals surface area contributed by atoms with Crippen molar-refractivity contribution in [1.82, 2.24) is 10.6 Å². The maximum Gasteiger partial charge on any atom is 0.408 e. The fraction of sp³-hybridized carbons (Fsp3) is 0.448. The molecule has 2 aromatic carbocycles. The van der Waals surface area contributed by atoms with Crippen LogP contribution >= 0.6 is 0 Å². The molecule has 2 amide bonds. The number of nitrogens with one attached hydrogen (secondary N) is 2. The fourth-order valence-corrected chi connectivity index (χ4v) is 3.25. The van der Waals surface area contributed by atoms with E-state index in [1.165, 1.54) is 19.2 Å². The number of halogens is 1. The molecular weight excluding hydrogens is 553 g/mol. The number of carbonyl (C=O) groups is 4. The molecule has 0 heterocycles. The molecule has 12 nitrogen and oxygen atoms in total. The summed E-state index contributed by atoms with van der Waals surface area (Å²) in [4.78, 5) is 47.8. The standard InChI is InChI=1S/C15H22N2O4.C14H18FNO5/c1-15(2,3)21-14(20)16-12(13(18)19)10-6-8-11(9-7-10)17(4)5;1-14(2,3)21-13(19)16-11(12(17)18)8-5-6-10(20-4)9(15)7-8/h6-9,12H,1-5H3,(H,16,20)(H,18,19);5-7,11H,1-4H3,(H,16,19)(H,17,18). The Morgan fingerprint density at radius 3 is 1.50 bits per heavy atom. The van der Waals surface area contributed by atoms with E-state index in [9.17, 15) is 28.7 Å². The van der Waals surface area contributed by atoms with E-state index in [4.69, 9.17) is 19.3 Å². The Morgan fingerprint density at radius 1 is 0.762 bits per heavy atom. The van der Waals surface area contributed by atoms with Crippen molar-refractivity contribution >= 4 is 29.8 Å². The number of anilines is 1. The van der Waals surface area contributed by atoms with E-state index in [0.29, 0.717) is 5.56 Å². The van der Waals surface area contributed by atoms with Crippen LogP contribution in [0.1, 0.15) is 64.8 Å². The van der Waals surface area contributed by atoms with Gasteiger partial charge in [0.25, 0.3) is 0 Å². The number of alkyl carbamates (subject to hydrolysis) is 2. The molecule has 0 radical (unpaired) electrons. The summed E-state index contributed by atoms with van der Waals surface area (Å²) in [5.74, 6) is -3.20. The average molecular weight is 594 g/mol. The maximum absolute atomic E-state index is 13.6. The molecule has 0 spiro atoms. The highest BCUT2D eigenvalue weighted by Gasteiger charge is 2.27. The second kappa shape index (κ2) is 14.9. The van der Waals surface area contributed by atoms with E-state index in [-0.39, 0.29) is 11.3 Å². The van der Waals surface area contributed by atoms with E-state index < -0.39 is 53.2 Å². The van der Waals surface area contributed by atoms with E-state index in [0.717, 1.165) is 11.8 Å². The molecular formula is C29H40FN3O9. The van der Waals surface area contributed by atoms with Gasteiger partial charge in [-0.05, 0) is 76.9 Å². The third-order valence-electron chi connectivity index (χ3n) is 5.07. The molecule has 0 aliphatic rings. The van der Waals surface area contributed by atoms with E-state index in [1.807, 2.05) is 19.0 Å². The van der Waals surface area contributed by atoms with Gasteiger partial charge in [-0.2, -0.15) is 0 Å². The van der Waals surface area contributed by atoms with Crippen molar-refractivity contribution in [2.75, 3.05) is 26.1 Å². The highest BCUT2D eigenvalue weighted by atomic mass is 19.1. The summed E-state index contributed by atoms with van der Waals surface area (Å²) in [6, 6.07) is 8.02. The first-order valence-electron chi connectivity index (χ1n) is 12.8. The van der Waals surface area contributed by atoms with Gasteiger partial charge in [0.15, 0.2) is 23.7 Å². The van der Waals surface area contributed by atoms with Crippen LogP contribution in [-0.2, 0) is 19.1 Å². The summed E-state index contributed by atoms with van der Waals surface area (Å²) in [6.45, 7) is 10.1. The van der Waals surface area contributed by atoms with Gasteiger partial charge in [-0.25, -0.2) is 23.6 Å². The smallest absolute Gasteiger partial charge is 0.408 e. The van der Waals surface area contributed by atoms with Gasteiger partial charge < -0.3 is 40.0 Å². The number of aliphatic carboxylic acids is 2. The number of carboxylic acid groups (broad SMARTS) is 2. The maximum atomic E-state index is 13.6. The number of nitrogens with zero attached hydrogens (tertiary/aromatic N) is 1. The Labute approximate surface area is 244 Å². The summed E-state index contributed by atoms with van der Waals surface area (Å²) in [7, 11) is 5.08. The lowest BCUT2D eigenvalue weighted by Gasteiger charge is -2.22. The lowest BCUT2D eigenvalue weighted by atomic mass is 10.1. The van der Waals surface area contributed by atoms with Gasteiger partial charge in [-0.3, -0.25) is 0 Å². The number of hydrogen-bond donors (Lipinski definition) is 4. The van der Waals surface area contributed by atoms with Crippen molar-refractivity contribution in [3.63, 3.8) is 0 Å². The molecule has 0 fully saturated rings. The van der Waals surface area contributed by atoms with Gasteiger partial charge in [0.1, 0.15) is 11.2 Å². The molecule has 0 aromatic heterocycles. The molecule has 13 heteroatoms. The van der Waals surface area contributed by atoms with Gasteiger partial charge in [0, 0.05) is 19.8 Å². The number of carboxylic acids is 2. The molecule has 0 bridgehead atoms. The lowest BCUT2D eigenvalue weighted by molar-refractivity contribution is -0.140. The molecule has 0 saturated heterocycles. The second-order valence-electron chi connectivity index (χ2n) is 11.2. The molecule has 2 atom stereocenters. The van der Waals surface area contributed by atoms with Crippen molar-refractivity contribution in [1.29, 1.82) is 0 Å². The van der Waals surface area contributed by atoms with Crippen LogP contribution in [0.5, 0.6) is 5.75 Å². The highest BCUT2D eigenvalue weighted by Crippen LogP contribution is 2.23. The monoisotopic (exact) mass is 593 g/mol. The number of rotatable bonds is 8. The topological polar surface area (TPSA) is 164 Å². The normalized spacial score (nSPS) is 12.4. The van der Waals surface area contributed by atoms with Crippen molar-refractivity contribution in [3.8, 4) is 5.75 Å². The highest BCUT2D eigenvalue weighted by molar-refractivity contribution is 5.82. The van der Waals surface area contributed by atoms with Crippen LogP contribution in [0.4, 0.5) is 19.7 Å². The predicted octanol–water partition coefficient (Wildman–Crippen LogP) is 4.89. The summed E-state index contributed by atoms with van der Waals surface area (Å²) >= 11 is 0. The minimum atomic E-state index is -1.42. The largest absolute Gasteiger partial charge is 0.494 e. The Balaban J connectivity index is 0.000000420. The third-order valence-corrected chi connectivity index (χ3v) is 5.07. The van der Waals surface area contributed by atoms with Crippen LogP contribution in [0, 0.1) is 5.82 Å². The van der Waals surface area contributed by atoms with E-state index in [2.05, 4.69) is 10.6 Å². The summed E-state index contributed by atoms with van der Waals surface area (Å²) in [6.07, 6.45) is -1.65. The fourth-order valence-electron chi connectivity index (χ4n) is 3.25. The Morgan fingerprint density at radius 2 is 1.17 bits per heavy atom. The minimum absolute atomic E-state index is 0.0137. The zero-order valence-corrected chi connectivity index (χ0v) is 25.3. The first-order chi connectivity index (χ1) is 19.2. The molecule has 2 rings (SSSR count). The Kier molecular flexibility index (Phi) is 12.6. The molecule has 2 aromatic rings. The zero-order chi connectivity index (χ0) is 32.4. The second-order valence-corrected chi connectivity index (χ2v) is 11.2. The number of hydrogen-bond acceptors (Lipinski definition) is 8. The van der Waals surface area contributed by atoms with Gasteiger partial charge in [0.2, 0.25) is 0 Å². The minimum Gasteiger partial charge on any atom is -0.494 e. The van der Waals surface area contributed by atoms with Crippen molar-refractivity contribution in [2.45, 2.75) is 64.8 Å².